The lowest BCUT2D eigenvalue weighted by Gasteiger charge is -2.23. The summed E-state index contributed by atoms with van der Waals surface area (Å²) >= 11 is 1.27. The number of Topliss-reactive ketones (excluding diaryl/α,β-unsaturated/α-hetero) is 1. The number of aliphatic hydroxyl groups is 1. The Kier molecular flexibility index (Phi) is 7.02. The number of amides is 1. The summed E-state index contributed by atoms with van der Waals surface area (Å²) in [6, 6.07) is 18.4. The van der Waals surface area contributed by atoms with Crippen LogP contribution in [0.4, 0.5) is 5.13 Å². The van der Waals surface area contributed by atoms with Crippen LogP contribution >= 0.6 is 11.3 Å². The zero-order chi connectivity index (χ0) is 26.8. The normalized spacial score (nSPS) is 16.7. The number of ketones is 1. The molecule has 1 fully saturated rings. The molecule has 9 heteroatoms. The van der Waals surface area contributed by atoms with E-state index in [9.17, 15) is 14.7 Å². The Morgan fingerprint density at radius 1 is 0.947 bits per heavy atom. The van der Waals surface area contributed by atoms with Crippen LogP contribution in [0.3, 0.4) is 0 Å². The lowest BCUT2D eigenvalue weighted by Crippen LogP contribution is -2.29. The molecule has 0 bridgehead atoms. The van der Waals surface area contributed by atoms with Crippen LogP contribution in [0.1, 0.15) is 30.5 Å². The maximum atomic E-state index is 13.5. The summed E-state index contributed by atoms with van der Waals surface area (Å²) < 4.78 is 17.0. The van der Waals surface area contributed by atoms with Gasteiger partial charge in [-0.2, -0.15) is 0 Å². The second-order valence-electron chi connectivity index (χ2n) is 8.65. The Labute approximate surface area is 223 Å². The first-order chi connectivity index (χ1) is 18.4. The quantitative estimate of drug-likeness (QED) is 0.177. The zero-order valence-electron chi connectivity index (χ0n) is 21.1. The molecule has 3 aromatic carbocycles. The molecule has 0 radical (unpaired) electrons. The van der Waals surface area contributed by atoms with Gasteiger partial charge in [-0.25, -0.2) is 4.98 Å². The number of thiazole rings is 1. The van der Waals surface area contributed by atoms with Gasteiger partial charge in [0.15, 0.2) is 5.13 Å². The molecule has 1 aliphatic heterocycles. The van der Waals surface area contributed by atoms with E-state index in [-0.39, 0.29) is 11.3 Å². The van der Waals surface area contributed by atoms with Crippen molar-refractivity contribution in [3.05, 3.63) is 83.4 Å². The maximum Gasteiger partial charge on any atom is 0.301 e. The van der Waals surface area contributed by atoms with Gasteiger partial charge in [0.1, 0.15) is 23.0 Å². The molecular formula is C29H26N2O6S. The number of fused-ring (bicyclic) bond motifs is 1. The van der Waals surface area contributed by atoms with Crippen molar-refractivity contribution in [2.75, 3.05) is 25.7 Å². The number of hydrogen-bond acceptors (Lipinski definition) is 8. The third kappa shape index (κ3) is 4.56. The molecule has 1 atom stereocenters. The molecule has 0 spiro atoms. The lowest BCUT2D eigenvalue weighted by molar-refractivity contribution is -0.132. The Hall–Kier alpha value is -4.37. The highest BCUT2D eigenvalue weighted by Crippen LogP contribution is 2.45. The molecule has 8 nitrogen and oxygen atoms in total. The van der Waals surface area contributed by atoms with Gasteiger partial charge in [-0.3, -0.25) is 14.5 Å². The predicted octanol–water partition coefficient (Wildman–Crippen LogP) is 5.73. The number of carbonyl (C=O) groups excluding carboxylic acids is 2. The van der Waals surface area contributed by atoms with Crippen LogP contribution in [0.5, 0.6) is 17.2 Å². The number of aliphatic hydroxyl groups excluding tert-OH is 1. The number of ether oxygens (including phenoxy) is 3. The van der Waals surface area contributed by atoms with Crippen LogP contribution in [-0.2, 0) is 9.59 Å². The van der Waals surface area contributed by atoms with Gasteiger partial charge in [0.05, 0.1) is 42.7 Å². The third-order valence-electron chi connectivity index (χ3n) is 6.27. The van der Waals surface area contributed by atoms with E-state index >= 15 is 0 Å². The molecule has 5 rings (SSSR count). The fourth-order valence-electron chi connectivity index (χ4n) is 4.34. The van der Waals surface area contributed by atoms with Crippen LogP contribution in [-0.4, -0.2) is 42.6 Å². The fraction of sp³-hybridized carbons (Fsp3) is 0.207. The molecule has 4 aromatic rings. The van der Waals surface area contributed by atoms with Gasteiger partial charge in [0, 0.05) is 5.56 Å². The van der Waals surface area contributed by atoms with Crippen LogP contribution in [0, 0.1) is 0 Å². The number of rotatable bonds is 8. The van der Waals surface area contributed by atoms with E-state index in [0.29, 0.717) is 45.6 Å². The molecule has 1 aromatic heterocycles. The van der Waals surface area contributed by atoms with Crippen molar-refractivity contribution >= 4 is 44.1 Å². The Balaban J connectivity index is 1.64. The van der Waals surface area contributed by atoms with E-state index in [1.54, 1.807) is 74.9 Å². The van der Waals surface area contributed by atoms with Gasteiger partial charge >= 0.3 is 5.91 Å². The minimum Gasteiger partial charge on any atom is -0.507 e. The van der Waals surface area contributed by atoms with E-state index in [2.05, 4.69) is 4.98 Å². The molecule has 38 heavy (non-hydrogen) atoms. The molecule has 2 heterocycles. The second kappa shape index (κ2) is 10.5. The Bertz CT molecular complexity index is 1530. The maximum absolute atomic E-state index is 13.5. The number of carbonyl (C=O) groups is 2. The summed E-state index contributed by atoms with van der Waals surface area (Å²) in [5.41, 5.74) is 1.69. The van der Waals surface area contributed by atoms with Crippen molar-refractivity contribution in [3.8, 4) is 17.2 Å². The third-order valence-corrected chi connectivity index (χ3v) is 7.28. The largest absolute Gasteiger partial charge is 0.507 e. The number of hydrogen-bond donors (Lipinski definition) is 1. The number of aromatic nitrogens is 1. The molecule has 0 saturated carbocycles. The molecule has 1 unspecified atom stereocenters. The number of anilines is 1. The highest BCUT2D eigenvalue weighted by molar-refractivity contribution is 7.22. The van der Waals surface area contributed by atoms with Gasteiger partial charge in [0.2, 0.25) is 0 Å². The summed E-state index contributed by atoms with van der Waals surface area (Å²) in [5, 5.41) is 11.7. The molecule has 1 amide bonds. The van der Waals surface area contributed by atoms with Crippen molar-refractivity contribution in [3.63, 3.8) is 0 Å². The number of methoxy groups -OCH3 is 2. The molecule has 1 saturated heterocycles. The molecule has 194 valence electrons. The lowest BCUT2D eigenvalue weighted by atomic mass is 9.95. The summed E-state index contributed by atoms with van der Waals surface area (Å²) in [5.74, 6) is 0.123. The molecule has 1 N–H and O–H groups in total. The number of benzene rings is 3. The van der Waals surface area contributed by atoms with E-state index in [0.717, 1.165) is 11.1 Å². The van der Waals surface area contributed by atoms with E-state index in [1.165, 1.54) is 16.2 Å². The highest BCUT2D eigenvalue weighted by atomic mass is 32.1. The second-order valence-corrected chi connectivity index (χ2v) is 9.65. The Morgan fingerprint density at radius 3 is 2.26 bits per heavy atom. The first kappa shape index (κ1) is 25.3. The fourth-order valence-corrected chi connectivity index (χ4v) is 5.36. The van der Waals surface area contributed by atoms with Crippen LogP contribution in [0.2, 0.25) is 0 Å². The monoisotopic (exact) mass is 530 g/mol. The smallest absolute Gasteiger partial charge is 0.301 e. The highest BCUT2D eigenvalue weighted by Gasteiger charge is 2.48. The van der Waals surface area contributed by atoms with Crippen molar-refractivity contribution in [2.45, 2.75) is 19.4 Å². The first-order valence-corrected chi connectivity index (χ1v) is 12.9. The van der Waals surface area contributed by atoms with E-state index in [1.807, 2.05) is 13.0 Å². The van der Waals surface area contributed by atoms with E-state index < -0.39 is 17.7 Å². The summed E-state index contributed by atoms with van der Waals surface area (Å²) in [6.45, 7) is 2.59. The van der Waals surface area contributed by atoms with Crippen LogP contribution in [0.15, 0.2) is 72.3 Å². The number of nitrogens with zero attached hydrogens (tertiary/aromatic N) is 2. The SMILES string of the molecule is CCCOc1ccc(C(O)=C2C(=O)C(=O)N(c3nc4ccc(OC)cc4s3)C2c2ccc(OC)cc2)cc1. The summed E-state index contributed by atoms with van der Waals surface area (Å²) in [6.07, 6.45) is 0.867. The minimum atomic E-state index is -0.889. The average Bonchev–Trinajstić information content (AvgIpc) is 3.49. The molecular weight excluding hydrogens is 504 g/mol. The van der Waals surface area contributed by atoms with Crippen molar-refractivity contribution in [1.29, 1.82) is 0 Å². The molecule has 0 aliphatic carbocycles. The van der Waals surface area contributed by atoms with Crippen molar-refractivity contribution in [1.82, 2.24) is 4.98 Å². The average molecular weight is 531 g/mol. The topological polar surface area (TPSA) is 98.2 Å². The van der Waals surface area contributed by atoms with E-state index in [4.69, 9.17) is 14.2 Å². The molecule has 1 aliphatic rings. The van der Waals surface area contributed by atoms with Crippen molar-refractivity contribution in [2.24, 2.45) is 0 Å². The summed E-state index contributed by atoms with van der Waals surface area (Å²) in [4.78, 5) is 32.9. The first-order valence-electron chi connectivity index (χ1n) is 12.1. The van der Waals surface area contributed by atoms with Gasteiger partial charge in [0.25, 0.3) is 5.78 Å². The summed E-state index contributed by atoms with van der Waals surface area (Å²) in [7, 11) is 3.14. The van der Waals surface area contributed by atoms with Gasteiger partial charge < -0.3 is 19.3 Å². The zero-order valence-corrected chi connectivity index (χ0v) is 22.0. The van der Waals surface area contributed by atoms with Crippen molar-refractivity contribution < 1.29 is 28.9 Å². The van der Waals surface area contributed by atoms with Gasteiger partial charge in [-0.1, -0.05) is 30.4 Å². The Morgan fingerprint density at radius 2 is 1.61 bits per heavy atom. The minimum absolute atomic E-state index is 0.0146. The predicted molar refractivity (Wildman–Crippen MR) is 146 cm³/mol. The van der Waals surface area contributed by atoms with Gasteiger partial charge in [-0.05, 0) is 66.6 Å². The van der Waals surface area contributed by atoms with Crippen LogP contribution in [0.25, 0.3) is 16.0 Å². The van der Waals surface area contributed by atoms with Gasteiger partial charge in [-0.15, -0.1) is 0 Å². The standard InChI is InChI=1S/C29H26N2O6S/c1-4-15-37-20-11-7-18(8-12-20)26(32)24-25(17-5-9-19(35-2)10-6-17)31(28(34)27(24)33)29-30-22-14-13-21(36-3)16-23(22)38-29/h5-14,16,25,32H,4,15H2,1-3H3. The van der Waals surface area contributed by atoms with Crippen LogP contribution < -0.4 is 19.1 Å².